The Morgan fingerprint density at radius 2 is 1.93 bits per heavy atom. The Bertz CT molecular complexity index is 1870. The molecule has 8 nitrogen and oxygen atoms in total. The van der Waals surface area contributed by atoms with Gasteiger partial charge in [-0.2, -0.15) is 13.2 Å². The predicted octanol–water partition coefficient (Wildman–Crippen LogP) is 5.46. The number of amidine groups is 1. The molecule has 1 aliphatic heterocycles. The van der Waals surface area contributed by atoms with Gasteiger partial charge in [-0.05, 0) is 42.2 Å². The molecule has 210 valence electrons. The van der Waals surface area contributed by atoms with E-state index >= 15 is 0 Å². The number of nitrogens with zero attached hydrogens (tertiary/aromatic N) is 3. The predicted molar refractivity (Wildman–Crippen MR) is 151 cm³/mol. The fourth-order valence-corrected chi connectivity index (χ4v) is 5.52. The highest BCUT2D eigenvalue weighted by atomic mass is 32.1. The molecule has 2 aromatic carbocycles. The van der Waals surface area contributed by atoms with E-state index in [1.165, 1.54) is 4.57 Å². The van der Waals surface area contributed by atoms with Gasteiger partial charge in [-0.1, -0.05) is 66.3 Å². The summed E-state index contributed by atoms with van der Waals surface area (Å²) in [6.45, 7) is 5.47. The van der Waals surface area contributed by atoms with E-state index in [0.717, 1.165) is 16.7 Å². The fraction of sp³-hybridized carbons (Fsp3) is 0.241. The third kappa shape index (κ3) is 4.93. The number of aromatic amines is 1. The number of aliphatic imine (C=N–C) groups is 1. The van der Waals surface area contributed by atoms with Crippen LogP contribution in [0.15, 0.2) is 62.9 Å². The van der Waals surface area contributed by atoms with Crippen LogP contribution in [0.1, 0.15) is 63.6 Å². The summed E-state index contributed by atoms with van der Waals surface area (Å²) in [5.74, 6) is -0.374. The van der Waals surface area contributed by atoms with E-state index in [1.807, 2.05) is 31.2 Å². The van der Waals surface area contributed by atoms with Crippen LogP contribution in [0.3, 0.4) is 0 Å². The van der Waals surface area contributed by atoms with Gasteiger partial charge in [0, 0.05) is 18.7 Å². The van der Waals surface area contributed by atoms with Gasteiger partial charge in [-0.25, -0.2) is 20.2 Å². The Morgan fingerprint density at radius 3 is 2.68 bits per heavy atom. The Labute approximate surface area is 237 Å². The minimum atomic E-state index is -4.61. The molecule has 0 saturated carbocycles. The number of aryl methyl sites for hydroxylation is 2. The maximum absolute atomic E-state index is 13.2. The van der Waals surface area contributed by atoms with Gasteiger partial charge >= 0.3 is 11.9 Å². The molecule has 2 unspecified atom stereocenters. The molecule has 12 heteroatoms. The van der Waals surface area contributed by atoms with Gasteiger partial charge in [0.05, 0.1) is 18.2 Å². The number of halogens is 3. The van der Waals surface area contributed by atoms with Crippen molar-refractivity contribution in [1.82, 2.24) is 25.4 Å². The lowest BCUT2D eigenvalue weighted by Gasteiger charge is -2.22. The molecule has 4 aromatic rings. The maximum Gasteiger partial charge on any atom is 0.450 e. The van der Waals surface area contributed by atoms with Gasteiger partial charge in [-0.15, -0.1) is 0 Å². The number of H-pyrrole nitrogens is 1. The highest BCUT2D eigenvalue weighted by Crippen LogP contribution is 2.39. The second kappa shape index (κ2) is 9.67. The second-order valence-electron chi connectivity index (χ2n) is 10.3. The maximum atomic E-state index is 13.2. The first-order chi connectivity index (χ1) is 19.4. The van der Waals surface area contributed by atoms with Crippen molar-refractivity contribution in [3.8, 4) is 0 Å². The summed E-state index contributed by atoms with van der Waals surface area (Å²) in [5, 5.41) is 0. The molecule has 0 amide bonds. The number of aromatic nitrogens is 3. The van der Waals surface area contributed by atoms with E-state index in [2.05, 4.69) is 31.9 Å². The Hall–Kier alpha value is -4.29. The van der Waals surface area contributed by atoms with Crippen molar-refractivity contribution in [1.29, 1.82) is 0 Å². The highest BCUT2D eigenvalue weighted by molar-refractivity contribution is 7.71. The molecule has 0 saturated heterocycles. The number of benzene rings is 2. The van der Waals surface area contributed by atoms with Crippen molar-refractivity contribution in [2.75, 3.05) is 0 Å². The highest BCUT2D eigenvalue weighted by Gasteiger charge is 2.44. The lowest BCUT2D eigenvalue weighted by molar-refractivity contribution is -0.0614. The molecule has 2 aliphatic rings. The molecule has 0 spiro atoms. The summed E-state index contributed by atoms with van der Waals surface area (Å²) in [4.78, 5) is 24.4. The van der Waals surface area contributed by atoms with E-state index in [4.69, 9.17) is 16.6 Å². The normalized spacial score (nSPS) is 19.8. The molecular weight excluding hydrogens is 553 g/mol. The number of rotatable bonds is 4. The molecule has 0 radical (unpaired) electrons. The van der Waals surface area contributed by atoms with Crippen molar-refractivity contribution >= 4 is 30.2 Å². The topological polar surface area (TPSA) is 100 Å². The van der Waals surface area contributed by atoms with Crippen molar-refractivity contribution in [2.45, 2.75) is 45.1 Å². The van der Waals surface area contributed by atoms with E-state index in [9.17, 15) is 18.0 Å². The average Bonchev–Trinajstić information content (AvgIpc) is 3.46. The molecule has 1 aliphatic carbocycles. The largest absolute Gasteiger partial charge is 0.450 e. The first-order valence-corrected chi connectivity index (χ1v) is 13.2. The summed E-state index contributed by atoms with van der Waals surface area (Å²) in [7, 11) is 0. The van der Waals surface area contributed by atoms with Crippen molar-refractivity contribution in [3.63, 3.8) is 0 Å². The smallest absolute Gasteiger partial charge is 0.441 e. The fourth-order valence-electron chi connectivity index (χ4n) is 5.26. The van der Waals surface area contributed by atoms with Crippen LogP contribution in [-0.2, 0) is 12.2 Å². The summed E-state index contributed by atoms with van der Waals surface area (Å²) in [6, 6.07) is 13.0. The first kappa shape index (κ1) is 26.9. The molecule has 6 rings (SSSR count). The third-order valence-corrected chi connectivity index (χ3v) is 7.59. The number of oxazole rings is 1. The van der Waals surface area contributed by atoms with Crippen LogP contribution in [0.5, 0.6) is 0 Å². The molecule has 3 N–H and O–H groups in total. The zero-order valence-corrected chi connectivity index (χ0v) is 23.1. The van der Waals surface area contributed by atoms with Crippen molar-refractivity contribution < 1.29 is 17.6 Å². The molecule has 2 aromatic heterocycles. The summed E-state index contributed by atoms with van der Waals surface area (Å²) < 4.78 is 47.2. The SMILES string of the molecule is Cc1ccc2c(c1)C=Cc1oc(C)nc1C2c1cn(Cc2cccc(C3(C)N=C(C(F)(F)F)NN3)c2)c(=O)[nH]c1=S. The average molecular weight is 579 g/mol. The summed E-state index contributed by atoms with van der Waals surface area (Å²) in [6.07, 6.45) is 0.986. The van der Waals surface area contributed by atoms with Gasteiger partial charge in [0.2, 0.25) is 5.84 Å². The Balaban J connectivity index is 1.42. The third-order valence-electron chi connectivity index (χ3n) is 7.25. The zero-order valence-electron chi connectivity index (χ0n) is 22.3. The van der Waals surface area contributed by atoms with Crippen LogP contribution in [0.2, 0.25) is 0 Å². The van der Waals surface area contributed by atoms with Gasteiger partial charge in [0.15, 0.2) is 17.3 Å². The molecule has 0 bridgehead atoms. The number of fused-ring (bicyclic) bond motifs is 2. The van der Waals surface area contributed by atoms with Crippen LogP contribution in [0.4, 0.5) is 13.2 Å². The molecule has 3 heterocycles. The Morgan fingerprint density at radius 1 is 1.12 bits per heavy atom. The molecule has 2 atom stereocenters. The van der Waals surface area contributed by atoms with Crippen molar-refractivity contribution in [3.05, 3.63) is 115 Å². The lowest BCUT2D eigenvalue weighted by atomic mass is 9.87. The van der Waals surface area contributed by atoms with Crippen LogP contribution in [0.25, 0.3) is 12.2 Å². The first-order valence-electron chi connectivity index (χ1n) is 12.8. The van der Waals surface area contributed by atoms with Crippen LogP contribution in [0, 0.1) is 18.5 Å². The standard InChI is InChI=1S/C29H25F3N6O2S/c1-15-7-9-20-18(11-15)8-10-22-24(33-16(2)40-22)23(20)21-14-38(27(39)34-25(21)41)13-17-5-4-6-19(12-17)28(3)35-26(36-37-28)29(30,31)32/h4-12,14,23,37H,13H2,1-3H3,(H,35,36)(H,34,39,41). The van der Waals surface area contributed by atoms with Gasteiger partial charge in [-0.3, -0.25) is 15.0 Å². The van der Waals surface area contributed by atoms with Gasteiger partial charge in [0.25, 0.3) is 0 Å². The number of alkyl halides is 3. The minimum Gasteiger partial charge on any atom is -0.441 e. The lowest BCUT2D eigenvalue weighted by Crippen LogP contribution is -2.44. The number of hydrogen-bond acceptors (Lipinski definition) is 7. The van der Waals surface area contributed by atoms with E-state index < -0.39 is 29.3 Å². The number of hydrogen-bond donors (Lipinski definition) is 3. The molecular formula is C29H25F3N6O2S. The second-order valence-corrected chi connectivity index (χ2v) is 10.7. The van der Waals surface area contributed by atoms with Crippen molar-refractivity contribution in [2.24, 2.45) is 4.99 Å². The summed E-state index contributed by atoms with van der Waals surface area (Å²) >= 11 is 5.66. The van der Waals surface area contributed by atoms with E-state index in [0.29, 0.717) is 34.0 Å². The minimum absolute atomic E-state index is 0.140. The zero-order chi connectivity index (χ0) is 29.1. The quantitative estimate of drug-likeness (QED) is 0.245. The number of hydrazine groups is 1. The van der Waals surface area contributed by atoms with Gasteiger partial charge < -0.3 is 4.42 Å². The van der Waals surface area contributed by atoms with Crippen LogP contribution in [-0.4, -0.2) is 26.5 Å². The van der Waals surface area contributed by atoms with Crippen LogP contribution >= 0.6 is 12.2 Å². The monoisotopic (exact) mass is 578 g/mol. The van der Waals surface area contributed by atoms with E-state index in [-0.39, 0.29) is 11.2 Å². The van der Waals surface area contributed by atoms with Gasteiger partial charge in [0.1, 0.15) is 4.64 Å². The van der Waals surface area contributed by atoms with Crippen LogP contribution < -0.4 is 16.5 Å². The molecule has 41 heavy (non-hydrogen) atoms. The Kier molecular flexibility index (Phi) is 6.34. The molecule has 0 fully saturated rings. The number of nitrogens with one attached hydrogen (secondary N) is 3. The summed E-state index contributed by atoms with van der Waals surface area (Å²) in [5.41, 5.74) is 8.59. The van der Waals surface area contributed by atoms with E-state index in [1.54, 1.807) is 44.3 Å².